The van der Waals surface area contributed by atoms with E-state index >= 15 is 0 Å². The van der Waals surface area contributed by atoms with Crippen LogP contribution in [0.5, 0.6) is 0 Å². The Bertz CT molecular complexity index is 617. The second-order valence-electron chi connectivity index (χ2n) is 4.46. The van der Waals surface area contributed by atoms with E-state index in [4.69, 9.17) is 4.42 Å². The first-order valence-corrected chi connectivity index (χ1v) is 6.32. The summed E-state index contributed by atoms with van der Waals surface area (Å²) < 4.78 is 5.29. The Morgan fingerprint density at radius 3 is 2.85 bits per heavy atom. The van der Waals surface area contributed by atoms with Gasteiger partial charge in [-0.25, -0.2) is 5.43 Å². The Hall–Kier alpha value is -2.56. The van der Waals surface area contributed by atoms with E-state index in [2.05, 4.69) is 15.8 Å². The van der Waals surface area contributed by atoms with Gasteiger partial charge in [0.2, 0.25) is 0 Å². The molecule has 104 valence electrons. The molecular weight excluding hydrogens is 254 g/mol. The summed E-state index contributed by atoms with van der Waals surface area (Å²) in [6.07, 6.45) is 1.47. The van der Waals surface area contributed by atoms with Crippen LogP contribution in [-0.4, -0.2) is 18.7 Å². The molecule has 0 aliphatic carbocycles. The maximum atomic E-state index is 11.6. The van der Waals surface area contributed by atoms with Crippen LogP contribution >= 0.6 is 0 Å². The smallest absolute Gasteiger partial charge is 0.259 e. The minimum atomic E-state index is -0.217. The molecule has 0 fully saturated rings. The van der Waals surface area contributed by atoms with E-state index in [1.165, 1.54) is 6.21 Å². The maximum absolute atomic E-state index is 11.6. The van der Waals surface area contributed by atoms with Crippen LogP contribution in [0.2, 0.25) is 0 Å². The molecule has 1 aromatic heterocycles. The number of amides is 1. The number of benzene rings is 1. The minimum absolute atomic E-state index is 0.165. The zero-order chi connectivity index (χ0) is 14.4. The zero-order valence-corrected chi connectivity index (χ0v) is 11.5. The van der Waals surface area contributed by atoms with E-state index in [0.29, 0.717) is 5.76 Å². The second kappa shape index (κ2) is 6.56. The van der Waals surface area contributed by atoms with Crippen LogP contribution in [0.25, 0.3) is 0 Å². The molecule has 2 rings (SSSR count). The first kappa shape index (κ1) is 13.9. The molecule has 5 heteroatoms. The van der Waals surface area contributed by atoms with E-state index in [1.807, 2.05) is 44.2 Å². The summed E-state index contributed by atoms with van der Waals surface area (Å²) in [7, 11) is 0. The van der Waals surface area contributed by atoms with Gasteiger partial charge in [0.25, 0.3) is 5.91 Å². The van der Waals surface area contributed by atoms with Gasteiger partial charge in [-0.2, -0.15) is 5.10 Å². The number of anilines is 1. The minimum Gasteiger partial charge on any atom is -0.460 e. The van der Waals surface area contributed by atoms with E-state index < -0.39 is 0 Å². The third-order valence-corrected chi connectivity index (χ3v) is 2.61. The van der Waals surface area contributed by atoms with E-state index in [9.17, 15) is 4.79 Å². The normalized spacial score (nSPS) is 10.7. The predicted molar refractivity (Wildman–Crippen MR) is 78.9 cm³/mol. The largest absolute Gasteiger partial charge is 0.460 e. The highest BCUT2D eigenvalue weighted by Crippen LogP contribution is 2.08. The Morgan fingerprint density at radius 1 is 1.30 bits per heavy atom. The van der Waals surface area contributed by atoms with Crippen LogP contribution in [-0.2, 0) is 4.79 Å². The van der Waals surface area contributed by atoms with Crippen LogP contribution in [0.1, 0.15) is 17.1 Å². The molecule has 20 heavy (non-hydrogen) atoms. The number of nitrogens with zero attached hydrogens (tertiary/aromatic N) is 1. The Kier molecular flexibility index (Phi) is 4.55. The van der Waals surface area contributed by atoms with Crippen LogP contribution < -0.4 is 10.7 Å². The fourth-order valence-electron chi connectivity index (χ4n) is 1.67. The fraction of sp³-hybridized carbons (Fsp3) is 0.200. The maximum Gasteiger partial charge on any atom is 0.259 e. The average molecular weight is 271 g/mol. The fourth-order valence-corrected chi connectivity index (χ4v) is 1.67. The van der Waals surface area contributed by atoms with Crippen molar-refractivity contribution in [1.82, 2.24) is 5.43 Å². The molecule has 1 aromatic carbocycles. The Morgan fingerprint density at radius 2 is 2.15 bits per heavy atom. The molecule has 0 aliphatic heterocycles. The number of hydrogen-bond acceptors (Lipinski definition) is 4. The third-order valence-electron chi connectivity index (χ3n) is 2.61. The summed E-state index contributed by atoms with van der Waals surface area (Å²) in [5, 5.41) is 6.86. The van der Waals surface area contributed by atoms with Crippen molar-refractivity contribution in [2.75, 3.05) is 11.9 Å². The molecule has 0 spiro atoms. The molecule has 0 atom stereocenters. The lowest BCUT2D eigenvalue weighted by atomic mass is 10.2. The van der Waals surface area contributed by atoms with Crippen molar-refractivity contribution >= 4 is 17.8 Å². The Labute approximate surface area is 117 Å². The lowest BCUT2D eigenvalue weighted by Gasteiger charge is -2.05. The van der Waals surface area contributed by atoms with Gasteiger partial charge in [0.05, 0.1) is 12.8 Å². The van der Waals surface area contributed by atoms with Gasteiger partial charge in [0.15, 0.2) is 0 Å². The molecule has 0 saturated carbocycles. The highest BCUT2D eigenvalue weighted by molar-refractivity contribution is 5.83. The van der Waals surface area contributed by atoms with Crippen molar-refractivity contribution in [2.24, 2.45) is 5.10 Å². The number of rotatable bonds is 5. The number of hydrogen-bond donors (Lipinski definition) is 2. The summed E-state index contributed by atoms with van der Waals surface area (Å²) in [5.74, 6) is 1.19. The topological polar surface area (TPSA) is 66.6 Å². The third kappa shape index (κ3) is 4.28. The van der Waals surface area contributed by atoms with E-state index in [0.717, 1.165) is 17.0 Å². The highest BCUT2D eigenvalue weighted by Gasteiger charge is 2.00. The van der Waals surface area contributed by atoms with Crippen LogP contribution in [0, 0.1) is 13.8 Å². The van der Waals surface area contributed by atoms with Gasteiger partial charge >= 0.3 is 0 Å². The monoisotopic (exact) mass is 271 g/mol. The van der Waals surface area contributed by atoms with Crippen molar-refractivity contribution in [3.63, 3.8) is 0 Å². The Balaban J connectivity index is 1.77. The summed E-state index contributed by atoms with van der Waals surface area (Å²) in [4.78, 5) is 11.6. The number of furan rings is 1. The van der Waals surface area contributed by atoms with Crippen molar-refractivity contribution in [3.8, 4) is 0 Å². The first-order valence-electron chi connectivity index (χ1n) is 6.32. The summed E-state index contributed by atoms with van der Waals surface area (Å²) in [6.45, 7) is 4.01. The summed E-state index contributed by atoms with van der Waals surface area (Å²) >= 11 is 0. The molecule has 0 aliphatic rings. The molecule has 5 nitrogen and oxygen atoms in total. The zero-order valence-electron chi connectivity index (χ0n) is 11.5. The van der Waals surface area contributed by atoms with Crippen molar-refractivity contribution in [1.29, 1.82) is 0 Å². The van der Waals surface area contributed by atoms with E-state index in [-0.39, 0.29) is 12.5 Å². The molecule has 2 N–H and O–H groups in total. The molecule has 0 unspecified atom stereocenters. The second-order valence-corrected chi connectivity index (χ2v) is 4.46. The quantitative estimate of drug-likeness (QED) is 0.648. The molecule has 0 bridgehead atoms. The standard InChI is InChI=1S/C15H17N3O2/c1-11-4-3-5-13(8-11)16-10-15(19)18-17-9-14-7-6-12(2)20-14/h3-9,16H,10H2,1-2H3,(H,18,19)/b17-9+. The number of nitrogens with one attached hydrogen (secondary N) is 2. The SMILES string of the molecule is Cc1cccc(NCC(=O)N/N=C/c2ccc(C)o2)c1. The molecule has 0 radical (unpaired) electrons. The van der Waals surface area contributed by atoms with Gasteiger partial charge in [-0.1, -0.05) is 12.1 Å². The molecule has 0 saturated heterocycles. The summed E-state index contributed by atoms with van der Waals surface area (Å²) in [6, 6.07) is 11.4. The number of hydrazone groups is 1. The van der Waals surface area contributed by atoms with Gasteiger partial charge in [-0.3, -0.25) is 4.79 Å². The van der Waals surface area contributed by atoms with Gasteiger partial charge in [0, 0.05) is 5.69 Å². The van der Waals surface area contributed by atoms with Gasteiger partial charge in [0.1, 0.15) is 11.5 Å². The summed E-state index contributed by atoms with van der Waals surface area (Å²) in [5.41, 5.74) is 4.48. The molecule has 2 aromatic rings. The van der Waals surface area contributed by atoms with Crippen molar-refractivity contribution in [3.05, 3.63) is 53.5 Å². The number of aryl methyl sites for hydroxylation is 2. The van der Waals surface area contributed by atoms with Crippen LogP contribution in [0.3, 0.4) is 0 Å². The molecule has 1 heterocycles. The lowest BCUT2D eigenvalue weighted by Crippen LogP contribution is -2.25. The van der Waals surface area contributed by atoms with Crippen molar-refractivity contribution < 1.29 is 9.21 Å². The van der Waals surface area contributed by atoms with E-state index in [1.54, 1.807) is 6.07 Å². The van der Waals surface area contributed by atoms with Crippen LogP contribution in [0.15, 0.2) is 45.9 Å². The lowest BCUT2D eigenvalue weighted by molar-refractivity contribution is -0.119. The number of carbonyl (C=O) groups is 1. The molecule has 1 amide bonds. The highest BCUT2D eigenvalue weighted by atomic mass is 16.3. The average Bonchev–Trinajstić information content (AvgIpc) is 2.82. The van der Waals surface area contributed by atoms with Crippen molar-refractivity contribution in [2.45, 2.75) is 13.8 Å². The van der Waals surface area contributed by atoms with Gasteiger partial charge < -0.3 is 9.73 Å². The van der Waals surface area contributed by atoms with Crippen LogP contribution in [0.4, 0.5) is 5.69 Å². The molecular formula is C15H17N3O2. The predicted octanol–water partition coefficient (Wildman–Crippen LogP) is 2.46. The van der Waals surface area contributed by atoms with Gasteiger partial charge in [-0.05, 0) is 43.7 Å². The first-order chi connectivity index (χ1) is 9.63. The number of carbonyl (C=O) groups excluding carboxylic acids is 1. The van der Waals surface area contributed by atoms with Gasteiger partial charge in [-0.15, -0.1) is 0 Å².